The van der Waals surface area contributed by atoms with E-state index in [4.69, 9.17) is 9.47 Å². The molecule has 1 aromatic heterocycles. The van der Waals surface area contributed by atoms with Crippen molar-refractivity contribution in [3.63, 3.8) is 0 Å². The van der Waals surface area contributed by atoms with Crippen molar-refractivity contribution >= 4 is 11.6 Å². The number of hydrogen-bond acceptors (Lipinski definition) is 5. The van der Waals surface area contributed by atoms with Crippen molar-refractivity contribution < 1.29 is 18.7 Å². The molecule has 0 unspecified atom stereocenters. The number of benzene rings is 3. The lowest BCUT2D eigenvalue weighted by Gasteiger charge is -2.10. The van der Waals surface area contributed by atoms with Gasteiger partial charge in [-0.05, 0) is 67.6 Å². The lowest BCUT2D eigenvalue weighted by Crippen LogP contribution is -2.12. The first-order valence-electron chi connectivity index (χ1n) is 9.99. The molecule has 4 aromatic rings. The van der Waals surface area contributed by atoms with Crippen LogP contribution in [-0.2, 0) is 0 Å². The summed E-state index contributed by atoms with van der Waals surface area (Å²) in [4.78, 5) is 17.1. The highest BCUT2D eigenvalue weighted by Crippen LogP contribution is 2.25. The molecule has 3 aromatic carbocycles. The van der Waals surface area contributed by atoms with Crippen LogP contribution < -0.4 is 14.8 Å². The first-order valence-corrected chi connectivity index (χ1v) is 9.99. The summed E-state index contributed by atoms with van der Waals surface area (Å²) in [5.41, 5.74) is 2.39. The second-order valence-electron chi connectivity index (χ2n) is 6.81. The van der Waals surface area contributed by atoms with E-state index < -0.39 is 0 Å². The van der Waals surface area contributed by atoms with E-state index in [1.807, 2.05) is 13.0 Å². The molecule has 1 amide bonds. The first kappa shape index (κ1) is 21.0. The van der Waals surface area contributed by atoms with Gasteiger partial charge in [-0.3, -0.25) is 4.79 Å². The van der Waals surface area contributed by atoms with E-state index in [1.165, 1.54) is 12.1 Å². The molecule has 0 atom stereocenters. The van der Waals surface area contributed by atoms with Crippen molar-refractivity contribution in [2.75, 3.05) is 19.0 Å². The molecule has 8 heteroatoms. The number of anilines is 1. The monoisotopic (exact) mass is 432 g/mol. The van der Waals surface area contributed by atoms with E-state index >= 15 is 0 Å². The molecule has 0 spiro atoms. The van der Waals surface area contributed by atoms with E-state index in [-0.39, 0.29) is 17.7 Å². The summed E-state index contributed by atoms with van der Waals surface area (Å²) in [6, 6.07) is 20.3. The van der Waals surface area contributed by atoms with Crippen LogP contribution in [0.2, 0.25) is 0 Å². The standard InChI is InChI=1S/C24H21FN4O3/c1-3-32-24-27-22(16-10-12-18(25)13-11-16)29(28-24)20-8-5-7-19(15-20)26-23(30)17-6-4-9-21(14-17)31-2/h4-15H,3H2,1-2H3,(H,26,30). The van der Waals surface area contributed by atoms with Gasteiger partial charge in [-0.2, -0.15) is 4.98 Å². The van der Waals surface area contributed by atoms with Gasteiger partial charge in [0, 0.05) is 16.8 Å². The molecule has 0 aliphatic rings. The van der Waals surface area contributed by atoms with Crippen LogP contribution in [0.5, 0.6) is 11.8 Å². The molecular formula is C24H21FN4O3. The van der Waals surface area contributed by atoms with Crippen molar-refractivity contribution in [3.05, 3.63) is 84.2 Å². The van der Waals surface area contributed by atoms with Crippen LogP contribution >= 0.6 is 0 Å². The van der Waals surface area contributed by atoms with E-state index in [0.717, 1.165) is 0 Å². The molecule has 0 saturated heterocycles. The SMILES string of the molecule is CCOc1nc(-c2ccc(F)cc2)n(-c2cccc(NC(=O)c3cccc(OC)c3)c2)n1. The first-order chi connectivity index (χ1) is 15.6. The molecule has 7 nitrogen and oxygen atoms in total. The molecule has 0 aliphatic heterocycles. The highest BCUT2D eigenvalue weighted by atomic mass is 19.1. The Labute approximate surface area is 184 Å². The molecule has 162 valence electrons. The molecule has 32 heavy (non-hydrogen) atoms. The quantitative estimate of drug-likeness (QED) is 0.457. The summed E-state index contributed by atoms with van der Waals surface area (Å²) in [5.74, 6) is 0.478. The number of rotatable bonds is 7. The number of nitrogens with zero attached hydrogens (tertiary/aromatic N) is 3. The molecule has 4 rings (SSSR count). The Kier molecular flexibility index (Phi) is 6.12. The van der Waals surface area contributed by atoms with Crippen LogP contribution in [0.4, 0.5) is 10.1 Å². The second kappa shape index (κ2) is 9.30. The normalized spacial score (nSPS) is 10.6. The minimum Gasteiger partial charge on any atom is -0.497 e. The Morgan fingerprint density at radius 3 is 2.59 bits per heavy atom. The van der Waals surface area contributed by atoms with Gasteiger partial charge in [-0.15, -0.1) is 5.10 Å². The number of nitrogens with one attached hydrogen (secondary N) is 1. The number of halogens is 1. The predicted molar refractivity (Wildman–Crippen MR) is 119 cm³/mol. The Hall–Kier alpha value is -4.20. The lowest BCUT2D eigenvalue weighted by molar-refractivity contribution is 0.102. The Balaban J connectivity index is 1.66. The fraction of sp³-hybridized carbons (Fsp3) is 0.125. The van der Waals surface area contributed by atoms with Gasteiger partial charge in [0.1, 0.15) is 11.6 Å². The Morgan fingerprint density at radius 2 is 1.84 bits per heavy atom. The summed E-state index contributed by atoms with van der Waals surface area (Å²) < 4.78 is 25.6. The fourth-order valence-electron chi connectivity index (χ4n) is 3.13. The fourth-order valence-corrected chi connectivity index (χ4v) is 3.13. The van der Waals surface area contributed by atoms with Crippen molar-refractivity contribution in [2.24, 2.45) is 0 Å². The maximum atomic E-state index is 13.4. The number of amides is 1. The number of carbonyl (C=O) groups is 1. The van der Waals surface area contributed by atoms with Crippen LogP contribution in [-0.4, -0.2) is 34.4 Å². The molecule has 0 radical (unpaired) electrons. The highest BCUT2D eigenvalue weighted by Gasteiger charge is 2.16. The van der Waals surface area contributed by atoms with Crippen molar-refractivity contribution in [1.29, 1.82) is 0 Å². The Morgan fingerprint density at radius 1 is 1.06 bits per heavy atom. The summed E-state index contributed by atoms with van der Waals surface area (Å²) in [7, 11) is 1.55. The van der Waals surface area contributed by atoms with Gasteiger partial charge in [0.15, 0.2) is 5.82 Å². The zero-order chi connectivity index (χ0) is 22.5. The van der Waals surface area contributed by atoms with Crippen molar-refractivity contribution in [1.82, 2.24) is 14.8 Å². The summed E-state index contributed by atoms with van der Waals surface area (Å²) in [5, 5.41) is 7.31. The number of methoxy groups -OCH3 is 1. The maximum absolute atomic E-state index is 13.4. The van der Waals surface area contributed by atoms with Crippen LogP contribution in [0, 0.1) is 5.82 Å². The number of carbonyl (C=O) groups excluding carboxylic acids is 1. The topological polar surface area (TPSA) is 78.3 Å². The number of hydrogen-bond donors (Lipinski definition) is 1. The average molecular weight is 432 g/mol. The lowest BCUT2D eigenvalue weighted by atomic mass is 10.2. The van der Waals surface area contributed by atoms with Crippen LogP contribution in [0.15, 0.2) is 72.8 Å². The van der Waals surface area contributed by atoms with Gasteiger partial charge >= 0.3 is 6.01 Å². The third kappa shape index (κ3) is 4.59. The summed E-state index contributed by atoms with van der Waals surface area (Å²) >= 11 is 0. The average Bonchev–Trinajstić information content (AvgIpc) is 3.24. The molecule has 0 aliphatic carbocycles. The van der Waals surface area contributed by atoms with Crippen LogP contribution in [0.1, 0.15) is 17.3 Å². The molecule has 0 fully saturated rings. The number of aromatic nitrogens is 3. The van der Waals surface area contributed by atoms with Gasteiger partial charge in [0.2, 0.25) is 0 Å². The number of ether oxygens (including phenoxy) is 2. The van der Waals surface area contributed by atoms with E-state index in [1.54, 1.807) is 66.4 Å². The summed E-state index contributed by atoms with van der Waals surface area (Å²) in [6.45, 7) is 2.25. The smallest absolute Gasteiger partial charge is 0.336 e. The molecule has 0 saturated carbocycles. The van der Waals surface area contributed by atoms with Gasteiger partial charge in [-0.1, -0.05) is 12.1 Å². The third-order valence-corrected chi connectivity index (χ3v) is 4.64. The van der Waals surface area contributed by atoms with E-state index in [2.05, 4.69) is 15.4 Å². The van der Waals surface area contributed by atoms with E-state index in [9.17, 15) is 9.18 Å². The van der Waals surface area contributed by atoms with Crippen LogP contribution in [0.25, 0.3) is 17.1 Å². The van der Waals surface area contributed by atoms with Crippen molar-refractivity contribution in [2.45, 2.75) is 6.92 Å². The van der Waals surface area contributed by atoms with Gasteiger partial charge in [0.25, 0.3) is 5.91 Å². The predicted octanol–water partition coefficient (Wildman–Crippen LogP) is 4.73. The van der Waals surface area contributed by atoms with Gasteiger partial charge < -0.3 is 14.8 Å². The Bertz CT molecular complexity index is 1240. The summed E-state index contributed by atoms with van der Waals surface area (Å²) in [6.07, 6.45) is 0. The van der Waals surface area contributed by atoms with E-state index in [0.29, 0.717) is 40.7 Å². The largest absolute Gasteiger partial charge is 0.497 e. The van der Waals surface area contributed by atoms with Gasteiger partial charge in [-0.25, -0.2) is 9.07 Å². The van der Waals surface area contributed by atoms with Gasteiger partial charge in [0.05, 0.1) is 19.4 Å². The molecule has 1 heterocycles. The molecule has 0 bridgehead atoms. The minimum atomic E-state index is -0.341. The van der Waals surface area contributed by atoms with Crippen LogP contribution in [0.3, 0.4) is 0 Å². The molecular weight excluding hydrogens is 411 g/mol. The zero-order valence-corrected chi connectivity index (χ0v) is 17.6. The second-order valence-corrected chi connectivity index (χ2v) is 6.81. The maximum Gasteiger partial charge on any atom is 0.336 e. The van der Waals surface area contributed by atoms with Crippen molar-refractivity contribution in [3.8, 4) is 28.8 Å². The highest BCUT2D eigenvalue weighted by molar-refractivity contribution is 6.04. The zero-order valence-electron chi connectivity index (χ0n) is 17.6. The third-order valence-electron chi connectivity index (χ3n) is 4.64. The minimum absolute atomic E-state index is 0.206. The molecule has 1 N–H and O–H groups in total.